The molecule has 3 heterocycles. The smallest absolute Gasteiger partial charge is 0.331 e. The van der Waals surface area contributed by atoms with Crippen LogP contribution in [0.25, 0.3) is 0 Å². The minimum atomic E-state index is -1.06. The number of aliphatic carboxylic acids is 1. The standard InChI is InChI=1S/C17H23N5O3/c1-13(21-11-7-18-14(21)2)12-15(23)20-9-4-17(5-10-20,16(24)25)22-8-3-6-19-22/h3,6-8,11,13H,4-5,9-10,12H2,1-2H3,(H,24,25). The van der Waals surface area contributed by atoms with Gasteiger partial charge in [0.05, 0.1) is 0 Å². The molecule has 1 aliphatic heterocycles. The monoisotopic (exact) mass is 345 g/mol. The van der Waals surface area contributed by atoms with Crippen molar-refractivity contribution in [1.29, 1.82) is 0 Å². The number of amides is 1. The third-order valence-electron chi connectivity index (χ3n) is 5.09. The number of carbonyl (C=O) groups excluding carboxylic acids is 1. The third-order valence-corrected chi connectivity index (χ3v) is 5.09. The molecular formula is C17H23N5O3. The average molecular weight is 345 g/mol. The molecule has 8 heteroatoms. The highest BCUT2D eigenvalue weighted by Crippen LogP contribution is 2.30. The van der Waals surface area contributed by atoms with Crippen LogP contribution >= 0.6 is 0 Å². The first kappa shape index (κ1) is 17.2. The van der Waals surface area contributed by atoms with Crippen LogP contribution in [0, 0.1) is 6.92 Å². The summed E-state index contributed by atoms with van der Waals surface area (Å²) in [5.74, 6) is 0.0216. The molecule has 1 fully saturated rings. The van der Waals surface area contributed by atoms with Crippen molar-refractivity contribution in [1.82, 2.24) is 24.2 Å². The molecule has 0 aliphatic carbocycles. The number of nitrogens with zero attached hydrogens (tertiary/aromatic N) is 5. The first-order chi connectivity index (χ1) is 11.9. The molecule has 0 aromatic carbocycles. The van der Waals surface area contributed by atoms with E-state index in [0.717, 1.165) is 5.82 Å². The van der Waals surface area contributed by atoms with Gasteiger partial charge >= 0.3 is 5.97 Å². The van der Waals surface area contributed by atoms with Gasteiger partial charge in [0.15, 0.2) is 5.54 Å². The van der Waals surface area contributed by atoms with E-state index in [1.54, 1.807) is 29.6 Å². The Morgan fingerprint density at radius 3 is 2.52 bits per heavy atom. The van der Waals surface area contributed by atoms with Crippen LogP contribution < -0.4 is 0 Å². The van der Waals surface area contributed by atoms with Gasteiger partial charge in [-0.05, 0) is 19.9 Å². The van der Waals surface area contributed by atoms with Gasteiger partial charge in [-0.3, -0.25) is 9.48 Å². The van der Waals surface area contributed by atoms with Crippen LogP contribution in [0.15, 0.2) is 30.9 Å². The minimum absolute atomic E-state index is 0.0206. The summed E-state index contributed by atoms with van der Waals surface area (Å²) in [4.78, 5) is 30.4. The Labute approximate surface area is 146 Å². The van der Waals surface area contributed by atoms with Crippen LogP contribution in [0.1, 0.15) is 38.1 Å². The Balaban J connectivity index is 1.64. The largest absolute Gasteiger partial charge is 0.479 e. The van der Waals surface area contributed by atoms with Crippen molar-refractivity contribution in [2.24, 2.45) is 0 Å². The molecular weight excluding hydrogens is 322 g/mol. The lowest BCUT2D eigenvalue weighted by molar-refractivity contribution is -0.153. The zero-order valence-corrected chi connectivity index (χ0v) is 14.5. The summed E-state index contributed by atoms with van der Waals surface area (Å²) >= 11 is 0. The molecule has 0 bridgehead atoms. The number of rotatable bonds is 5. The molecule has 1 amide bonds. The lowest BCUT2D eigenvalue weighted by Gasteiger charge is -2.39. The Hall–Kier alpha value is -2.64. The highest BCUT2D eigenvalue weighted by Gasteiger charge is 2.44. The van der Waals surface area contributed by atoms with E-state index < -0.39 is 11.5 Å². The van der Waals surface area contributed by atoms with Crippen LogP contribution in [0.4, 0.5) is 0 Å². The fraction of sp³-hybridized carbons (Fsp3) is 0.529. The molecule has 3 rings (SSSR count). The number of hydrogen-bond acceptors (Lipinski definition) is 4. The third kappa shape index (κ3) is 3.16. The highest BCUT2D eigenvalue weighted by molar-refractivity contribution is 5.79. The van der Waals surface area contributed by atoms with Gasteiger partial charge in [0.1, 0.15) is 5.82 Å². The van der Waals surface area contributed by atoms with Crippen molar-refractivity contribution in [3.63, 3.8) is 0 Å². The van der Waals surface area contributed by atoms with E-state index in [4.69, 9.17) is 0 Å². The fourth-order valence-corrected chi connectivity index (χ4v) is 3.52. The van der Waals surface area contributed by atoms with Gasteiger partial charge in [0.25, 0.3) is 0 Å². The van der Waals surface area contributed by atoms with E-state index in [0.29, 0.717) is 32.4 Å². The zero-order chi connectivity index (χ0) is 18.0. The van der Waals surface area contributed by atoms with Crippen LogP contribution in [-0.4, -0.2) is 54.3 Å². The molecule has 1 aliphatic rings. The number of piperidine rings is 1. The zero-order valence-electron chi connectivity index (χ0n) is 14.5. The van der Waals surface area contributed by atoms with Gasteiger partial charge < -0.3 is 14.6 Å². The first-order valence-corrected chi connectivity index (χ1v) is 8.45. The molecule has 1 atom stereocenters. The van der Waals surface area contributed by atoms with Crippen molar-refractivity contribution in [3.05, 3.63) is 36.7 Å². The summed E-state index contributed by atoms with van der Waals surface area (Å²) in [6, 6.07) is 1.74. The van der Waals surface area contributed by atoms with Crippen LogP contribution in [0.2, 0.25) is 0 Å². The highest BCUT2D eigenvalue weighted by atomic mass is 16.4. The van der Waals surface area contributed by atoms with Gasteiger partial charge in [-0.2, -0.15) is 5.10 Å². The van der Waals surface area contributed by atoms with Gasteiger partial charge in [-0.25, -0.2) is 9.78 Å². The van der Waals surface area contributed by atoms with E-state index in [1.165, 1.54) is 4.68 Å². The van der Waals surface area contributed by atoms with Crippen molar-refractivity contribution < 1.29 is 14.7 Å². The van der Waals surface area contributed by atoms with Gasteiger partial charge in [-0.1, -0.05) is 0 Å². The van der Waals surface area contributed by atoms with E-state index in [-0.39, 0.29) is 11.9 Å². The number of likely N-dealkylation sites (tertiary alicyclic amines) is 1. The van der Waals surface area contributed by atoms with E-state index in [1.807, 2.05) is 24.6 Å². The number of carbonyl (C=O) groups is 2. The van der Waals surface area contributed by atoms with Crippen LogP contribution in [0.5, 0.6) is 0 Å². The molecule has 25 heavy (non-hydrogen) atoms. The Bertz CT molecular complexity index is 744. The lowest BCUT2D eigenvalue weighted by atomic mass is 9.87. The summed E-state index contributed by atoms with van der Waals surface area (Å²) in [6.45, 7) is 4.73. The molecule has 0 saturated carbocycles. The predicted molar refractivity (Wildman–Crippen MR) is 89.9 cm³/mol. The summed E-state index contributed by atoms with van der Waals surface area (Å²) in [6.07, 6.45) is 7.94. The second kappa shape index (κ2) is 6.70. The van der Waals surface area contributed by atoms with Crippen molar-refractivity contribution >= 4 is 11.9 Å². The summed E-state index contributed by atoms with van der Waals surface area (Å²) in [5, 5.41) is 13.8. The van der Waals surface area contributed by atoms with Gasteiger partial charge in [0, 0.05) is 63.2 Å². The van der Waals surface area contributed by atoms with Crippen molar-refractivity contribution in [2.75, 3.05) is 13.1 Å². The van der Waals surface area contributed by atoms with Crippen LogP contribution in [-0.2, 0) is 15.1 Å². The fourth-order valence-electron chi connectivity index (χ4n) is 3.52. The number of aryl methyl sites for hydroxylation is 1. The number of hydrogen-bond donors (Lipinski definition) is 1. The maximum Gasteiger partial charge on any atom is 0.331 e. The average Bonchev–Trinajstić information content (AvgIpc) is 3.26. The molecule has 0 radical (unpaired) electrons. The van der Waals surface area contributed by atoms with Crippen molar-refractivity contribution in [3.8, 4) is 0 Å². The number of carboxylic acids is 1. The molecule has 1 saturated heterocycles. The molecule has 2 aromatic rings. The molecule has 2 aromatic heterocycles. The summed E-state index contributed by atoms with van der Waals surface area (Å²) in [5.41, 5.74) is -1.06. The number of imidazole rings is 1. The summed E-state index contributed by atoms with van der Waals surface area (Å²) < 4.78 is 3.49. The Morgan fingerprint density at radius 1 is 1.28 bits per heavy atom. The second-order valence-corrected chi connectivity index (χ2v) is 6.60. The normalized spacial score (nSPS) is 18.1. The molecule has 1 unspecified atom stereocenters. The van der Waals surface area contributed by atoms with E-state index in [2.05, 4.69) is 10.1 Å². The Morgan fingerprint density at radius 2 is 2.00 bits per heavy atom. The van der Waals surface area contributed by atoms with E-state index in [9.17, 15) is 14.7 Å². The molecule has 0 spiro atoms. The maximum absolute atomic E-state index is 12.6. The minimum Gasteiger partial charge on any atom is -0.479 e. The van der Waals surface area contributed by atoms with Crippen LogP contribution in [0.3, 0.4) is 0 Å². The predicted octanol–water partition coefficient (Wildman–Crippen LogP) is 1.44. The molecule has 1 N–H and O–H groups in total. The lowest BCUT2D eigenvalue weighted by Crippen LogP contribution is -2.52. The number of carboxylic acid groups (broad SMARTS) is 1. The maximum atomic E-state index is 12.6. The second-order valence-electron chi connectivity index (χ2n) is 6.60. The van der Waals surface area contributed by atoms with E-state index >= 15 is 0 Å². The Kier molecular flexibility index (Phi) is 4.61. The quantitative estimate of drug-likeness (QED) is 0.885. The van der Waals surface area contributed by atoms with Crippen molar-refractivity contribution in [2.45, 2.75) is 44.7 Å². The SMILES string of the molecule is Cc1nccn1C(C)CC(=O)N1CCC(C(=O)O)(n2cccn2)CC1. The topological polar surface area (TPSA) is 93.3 Å². The first-order valence-electron chi connectivity index (χ1n) is 8.45. The molecule has 134 valence electrons. The molecule has 8 nitrogen and oxygen atoms in total. The van der Waals surface area contributed by atoms with Gasteiger partial charge in [0.2, 0.25) is 5.91 Å². The van der Waals surface area contributed by atoms with Gasteiger partial charge in [-0.15, -0.1) is 0 Å². The summed E-state index contributed by atoms with van der Waals surface area (Å²) in [7, 11) is 0. The number of aromatic nitrogens is 4.